The maximum absolute atomic E-state index is 12.6. The van der Waals surface area contributed by atoms with Crippen LogP contribution in [0.3, 0.4) is 0 Å². The van der Waals surface area contributed by atoms with Gasteiger partial charge in [-0.3, -0.25) is 23.4 Å². The maximum atomic E-state index is 12.6. The Morgan fingerprint density at radius 3 is 1.28 bits per heavy atom. The van der Waals surface area contributed by atoms with E-state index in [-0.39, 0.29) is 19.4 Å². The summed E-state index contributed by atoms with van der Waals surface area (Å²) in [7, 11) is -4.71. The van der Waals surface area contributed by atoms with Crippen LogP contribution < -0.4 is 5.73 Å². The van der Waals surface area contributed by atoms with Gasteiger partial charge in [-0.2, -0.15) is 0 Å². The Bertz CT molecular complexity index is 1030. The molecule has 3 atom stereocenters. The van der Waals surface area contributed by atoms with Gasteiger partial charge in [-0.15, -0.1) is 0 Å². The summed E-state index contributed by atoms with van der Waals surface area (Å²) in [5, 5.41) is 8.89. The standard InChI is InChI=1S/C45H86NO10P/c1-3-5-7-9-11-13-15-17-19-20-21-22-23-25-27-29-31-33-35-37-44(48)56-41(39-54-57(51,52)55-40-42(46)45(49)50)38-53-43(47)36-34-32-30-28-26-24-18-16-14-12-10-8-6-4-2/h16,18,41-42H,3-15,17,19-40,46H2,1-2H3,(H,49,50)(H,51,52)/b18-16-/t41-,42+/m1/s1. The van der Waals surface area contributed by atoms with E-state index >= 15 is 0 Å². The van der Waals surface area contributed by atoms with Crippen molar-refractivity contribution in [3.8, 4) is 0 Å². The van der Waals surface area contributed by atoms with Crippen molar-refractivity contribution in [3.63, 3.8) is 0 Å². The molecule has 0 saturated carbocycles. The van der Waals surface area contributed by atoms with Crippen molar-refractivity contribution in [2.24, 2.45) is 5.73 Å². The predicted molar refractivity (Wildman–Crippen MR) is 231 cm³/mol. The lowest BCUT2D eigenvalue weighted by molar-refractivity contribution is -0.161. The molecule has 0 rings (SSSR count). The number of hydrogen-bond donors (Lipinski definition) is 3. The van der Waals surface area contributed by atoms with Crippen LogP contribution in [0.2, 0.25) is 0 Å². The number of ether oxygens (including phenoxy) is 2. The zero-order valence-corrected chi connectivity index (χ0v) is 37.3. The van der Waals surface area contributed by atoms with Crippen molar-refractivity contribution in [2.75, 3.05) is 19.8 Å². The lowest BCUT2D eigenvalue weighted by Crippen LogP contribution is -2.34. The Balaban J connectivity index is 4.28. The summed E-state index contributed by atoms with van der Waals surface area (Å²) in [5.74, 6) is -2.37. The van der Waals surface area contributed by atoms with Crippen LogP contribution in [0.5, 0.6) is 0 Å². The number of nitrogens with two attached hydrogens (primary N) is 1. The van der Waals surface area contributed by atoms with E-state index in [1.807, 2.05) is 0 Å². The van der Waals surface area contributed by atoms with E-state index < -0.39 is 51.1 Å². The minimum Gasteiger partial charge on any atom is -0.480 e. The minimum atomic E-state index is -4.71. The first-order valence-electron chi connectivity index (χ1n) is 23.2. The van der Waals surface area contributed by atoms with Crippen molar-refractivity contribution in [1.82, 2.24) is 0 Å². The number of phosphoric ester groups is 1. The molecule has 12 heteroatoms. The van der Waals surface area contributed by atoms with Crippen molar-refractivity contribution < 1.29 is 47.5 Å². The van der Waals surface area contributed by atoms with Crippen LogP contribution >= 0.6 is 7.82 Å². The van der Waals surface area contributed by atoms with E-state index in [9.17, 15) is 23.8 Å². The molecule has 11 nitrogen and oxygen atoms in total. The summed E-state index contributed by atoms with van der Waals surface area (Å²) in [5.41, 5.74) is 5.34. The lowest BCUT2D eigenvalue weighted by Gasteiger charge is -2.20. The molecule has 0 amide bonds. The first-order valence-corrected chi connectivity index (χ1v) is 24.7. The molecule has 0 fully saturated rings. The number of carboxylic acid groups (broad SMARTS) is 1. The van der Waals surface area contributed by atoms with Gasteiger partial charge in [-0.25, -0.2) is 4.57 Å². The van der Waals surface area contributed by atoms with Gasteiger partial charge < -0.3 is 25.2 Å². The van der Waals surface area contributed by atoms with Gasteiger partial charge in [0.1, 0.15) is 12.6 Å². The van der Waals surface area contributed by atoms with Gasteiger partial charge in [0, 0.05) is 12.8 Å². The van der Waals surface area contributed by atoms with Gasteiger partial charge in [-0.05, 0) is 38.5 Å². The first kappa shape index (κ1) is 55.2. The smallest absolute Gasteiger partial charge is 0.472 e. The largest absolute Gasteiger partial charge is 0.480 e. The molecule has 0 spiro atoms. The SMILES string of the molecule is CCCCCCC/C=C\CCCCCCCC(=O)OC[C@H](COP(=O)(O)OC[C@H](N)C(=O)O)OC(=O)CCCCCCCCCCCCCCCCCCCCC. The van der Waals surface area contributed by atoms with Crippen molar-refractivity contribution >= 4 is 25.7 Å². The molecule has 0 heterocycles. The van der Waals surface area contributed by atoms with E-state index in [1.54, 1.807) is 0 Å². The number of phosphoric acid groups is 1. The predicted octanol–water partition coefficient (Wildman–Crippen LogP) is 12.5. The number of carbonyl (C=O) groups excluding carboxylic acids is 2. The van der Waals surface area contributed by atoms with Crippen LogP contribution in [-0.2, 0) is 37.5 Å². The number of allylic oxidation sites excluding steroid dienone is 2. The number of carbonyl (C=O) groups is 3. The molecule has 336 valence electrons. The highest BCUT2D eigenvalue weighted by Gasteiger charge is 2.28. The number of hydrogen-bond acceptors (Lipinski definition) is 9. The van der Waals surface area contributed by atoms with Crippen LogP contribution in [0.1, 0.15) is 226 Å². The van der Waals surface area contributed by atoms with Gasteiger partial charge in [0.25, 0.3) is 0 Å². The highest BCUT2D eigenvalue weighted by atomic mass is 31.2. The topological polar surface area (TPSA) is 172 Å². The summed E-state index contributed by atoms with van der Waals surface area (Å²) in [6, 6.07) is -1.52. The third-order valence-corrected chi connectivity index (χ3v) is 11.2. The highest BCUT2D eigenvalue weighted by Crippen LogP contribution is 2.43. The number of unbranched alkanes of at least 4 members (excludes halogenated alkanes) is 28. The minimum absolute atomic E-state index is 0.166. The van der Waals surface area contributed by atoms with Gasteiger partial charge in [0.2, 0.25) is 0 Å². The first-order chi connectivity index (χ1) is 27.6. The van der Waals surface area contributed by atoms with Gasteiger partial charge in [-0.1, -0.05) is 187 Å². The fourth-order valence-electron chi connectivity index (χ4n) is 6.59. The van der Waals surface area contributed by atoms with E-state index in [0.717, 1.165) is 57.8 Å². The Morgan fingerprint density at radius 2 is 0.877 bits per heavy atom. The van der Waals surface area contributed by atoms with Gasteiger partial charge in [0.05, 0.1) is 13.2 Å². The Kier molecular flexibility index (Phi) is 39.7. The normalized spacial score (nSPS) is 13.8. The van der Waals surface area contributed by atoms with E-state index in [4.69, 9.17) is 24.8 Å². The molecule has 0 aliphatic heterocycles. The molecule has 0 aromatic rings. The fraction of sp³-hybridized carbons (Fsp3) is 0.889. The molecular weight excluding hydrogens is 745 g/mol. The Hall–Kier alpha value is -1.78. The third-order valence-electron chi connectivity index (χ3n) is 10.3. The molecule has 0 aliphatic carbocycles. The molecule has 0 radical (unpaired) electrons. The third kappa shape index (κ3) is 40.8. The quantitative estimate of drug-likeness (QED) is 0.0231. The molecule has 0 saturated heterocycles. The number of aliphatic carboxylic acids is 1. The van der Waals surface area contributed by atoms with E-state index in [0.29, 0.717) is 12.8 Å². The number of rotatable bonds is 44. The monoisotopic (exact) mass is 832 g/mol. The Morgan fingerprint density at radius 1 is 0.526 bits per heavy atom. The van der Waals surface area contributed by atoms with Crippen LogP contribution in [-0.4, -0.2) is 59.9 Å². The average Bonchev–Trinajstić information content (AvgIpc) is 3.19. The van der Waals surface area contributed by atoms with Gasteiger partial charge in [0.15, 0.2) is 6.10 Å². The van der Waals surface area contributed by atoms with Gasteiger partial charge >= 0.3 is 25.7 Å². The molecule has 0 aromatic carbocycles. The number of carboxylic acids is 1. The maximum Gasteiger partial charge on any atom is 0.472 e. The van der Waals surface area contributed by atoms with Crippen molar-refractivity contribution in [2.45, 2.75) is 238 Å². The Labute approximate surface area is 348 Å². The molecule has 0 bridgehead atoms. The average molecular weight is 832 g/mol. The van der Waals surface area contributed by atoms with Crippen molar-refractivity contribution in [1.29, 1.82) is 0 Å². The fourth-order valence-corrected chi connectivity index (χ4v) is 7.37. The summed E-state index contributed by atoms with van der Waals surface area (Å²) in [6.07, 6.45) is 41.3. The lowest BCUT2D eigenvalue weighted by atomic mass is 10.0. The van der Waals surface area contributed by atoms with Crippen LogP contribution in [0.15, 0.2) is 12.2 Å². The second kappa shape index (κ2) is 41.0. The zero-order chi connectivity index (χ0) is 42.1. The second-order valence-corrected chi connectivity index (χ2v) is 17.3. The van der Waals surface area contributed by atoms with E-state index in [1.165, 1.54) is 128 Å². The summed E-state index contributed by atoms with van der Waals surface area (Å²) in [6.45, 7) is 2.82. The van der Waals surface area contributed by atoms with Crippen molar-refractivity contribution in [3.05, 3.63) is 12.2 Å². The second-order valence-electron chi connectivity index (χ2n) is 15.9. The molecule has 0 aromatic heterocycles. The van der Waals surface area contributed by atoms with E-state index in [2.05, 4.69) is 30.5 Å². The molecular formula is C45H86NO10P. The molecule has 0 aliphatic rings. The molecule has 1 unspecified atom stereocenters. The van der Waals surface area contributed by atoms with Crippen LogP contribution in [0.4, 0.5) is 0 Å². The zero-order valence-electron chi connectivity index (χ0n) is 36.5. The number of esters is 2. The van der Waals surface area contributed by atoms with Crippen LogP contribution in [0, 0.1) is 0 Å². The molecule has 4 N–H and O–H groups in total. The highest BCUT2D eigenvalue weighted by molar-refractivity contribution is 7.47. The summed E-state index contributed by atoms with van der Waals surface area (Å²) in [4.78, 5) is 46.0. The summed E-state index contributed by atoms with van der Waals surface area (Å²) >= 11 is 0. The molecule has 57 heavy (non-hydrogen) atoms. The summed E-state index contributed by atoms with van der Waals surface area (Å²) < 4.78 is 32.7. The van der Waals surface area contributed by atoms with Crippen LogP contribution in [0.25, 0.3) is 0 Å².